The Kier molecular flexibility index (Phi) is 21.7. The van der Waals surface area contributed by atoms with Gasteiger partial charge in [-0.05, 0) is 83.4 Å². The van der Waals surface area contributed by atoms with Crippen molar-refractivity contribution in [1.29, 1.82) is 10.5 Å². The summed E-state index contributed by atoms with van der Waals surface area (Å²) in [4.78, 5) is 43.1. The number of cyclic esters (lactones) is 2. The lowest BCUT2D eigenvalue weighted by Gasteiger charge is -2.23. The molecule has 0 saturated carbocycles. The van der Waals surface area contributed by atoms with Gasteiger partial charge in [0.15, 0.2) is 11.3 Å². The number of rotatable bonds is 22. The Morgan fingerprint density at radius 3 is 1.65 bits per heavy atom. The number of phenols is 1. The molecule has 2 aliphatic rings. The molecule has 0 spiro atoms. The minimum atomic E-state index is -4.53. The summed E-state index contributed by atoms with van der Waals surface area (Å²) in [5.41, 5.74) is 3.96. The maximum Gasteiger partial charge on any atom is 0.348 e. The molecule has 2 aromatic carbocycles. The zero-order valence-corrected chi connectivity index (χ0v) is 41.7. The smallest absolute Gasteiger partial charge is 0.348 e. The van der Waals surface area contributed by atoms with Crippen molar-refractivity contribution >= 4 is 35.2 Å². The Bertz CT molecular complexity index is 2270. The van der Waals surface area contributed by atoms with E-state index in [1.165, 1.54) is 7.11 Å². The minimum absolute atomic E-state index is 0. The summed E-state index contributed by atoms with van der Waals surface area (Å²) in [6, 6.07) is 4.73. The van der Waals surface area contributed by atoms with E-state index >= 15 is 0 Å². The van der Waals surface area contributed by atoms with Gasteiger partial charge in [-0.15, -0.1) is 0 Å². The van der Waals surface area contributed by atoms with Crippen LogP contribution in [-0.2, 0) is 53.7 Å². The molecule has 0 bridgehead atoms. The Morgan fingerprint density at radius 1 is 0.769 bits per heavy atom. The predicted octanol–water partition coefficient (Wildman–Crippen LogP) is 10.2. The van der Waals surface area contributed by atoms with Crippen LogP contribution in [-0.4, -0.2) is 80.3 Å². The number of benzene rings is 2. The average molecular weight is 963 g/mol. The quantitative estimate of drug-likeness (QED) is 0.0430. The molecule has 2 aliphatic heterocycles. The van der Waals surface area contributed by atoms with Crippen LogP contribution in [0.15, 0.2) is 23.3 Å². The first-order chi connectivity index (χ1) is 30.1. The van der Waals surface area contributed by atoms with Crippen molar-refractivity contribution < 1.29 is 66.3 Å². The van der Waals surface area contributed by atoms with E-state index in [0.29, 0.717) is 70.9 Å². The molecule has 2 atom stereocenters. The molecule has 0 amide bonds. The fraction of sp³-hybridized carbons (Fsp3) is 0.565. The molecule has 16 nitrogen and oxygen atoms in total. The van der Waals surface area contributed by atoms with Crippen LogP contribution in [0, 0.1) is 36.5 Å². The van der Waals surface area contributed by atoms with Gasteiger partial charge in [0.05, 0.1) is 46.2 Å². The number of hydrogen-bond donors (Lipinski definition) is 3. The van der Waals surface area contributed by atoms with Crippen LogP contribution in [0.25, 0.3) is 0 Å². The van der Waals surface area contributed by atoms with E-state index in [4.69, 9.17) is 38.0 Å². The third kappa shape index (κ3) is 14.0. The van der Waals surface area contributed by atoms with Gasteiger partial charge in [0, 0.05) is 30.3 Å². The van der Waals surface area contributed by atoms with Gasteiger partial charge in [0.2, 0.25) is 0 Å². The fourth-order valence-electron chi connectivity index (χ4n) is 7.43. The predicted molar refractivity (Wildman–Crippen MR) is 251 cm³/mol. The Hall–Kier alpha value is -4.44. The summed E-state index contributed by atoms with van der Waals surface area (Å²) in [7, 11) is -6.41. The number of aromatic hydroxyl groups is 1. The lowest BCUT2D eigenvalue weighted by atomic mass is 9.94. The molecular weight excluding hydrogens is 895 g/mol. The van der Waals surface area contributed by atoms with E-state index in [2.05, 4.69) is 25.7 Å². The van der Waals surface area contributed by atoms with Crippen molar-refractivity contribution in [2.45, 2.75) is 138 Å². The SMILES string of the molecule is C.CC/C(=C\Cc1c(O)c2c(c(C)c1OC)COC2=O)CC(C#N)P(=O)(O)O.CCOP(=O)(OCC)C(C#N)C/C(=C/Cc1c(OC)c(C)c2c(c1OCC[Si](C)(C)C)C(=O)OC2)CC. The van der Waals surface area contributed by atoms with Crippen molar-refractivity contribution in [1.82, 2.24) is 0 Å². The van der Waals surface area contributed by atoms with E-state index in [9.17, 15) is 38.9 Å². The molecule has 2 unspecified atom stereocenters. The van der Waals surface area contributed by atoms with Crippen LogP contribution in [0.5, 0.6) is 23.0 Å². The third-order valence-corrected chi connectivity index (χ3v) is 16.2. The number of hydrogen-bond acceptors (Lipinski definition) is 14. The topological polar surface area (TPSA) is 241 Å². The summed E-state index contributed by atoms with van der Waals surface area (Å²) in [5.74, 6) is 0.411. The first kappa shape index (κ1) is 56.7. The van der Waals surface area contributed by atoms with Gasteiger partial charge in [-0.3, -0.25) is 9.13 Å². The Morgan fingerprint density at radius 2 is 1.22 bits per heavy atom. The first-order valence-corrected chi connectivity index (χ1v) is 28.3. The summed E-state index contributed by atoms with van der Waals surface area (Å²) >= 11 is 0. The standard InChI is InChI=1S/C27H42NO7PSi.C18H22NO7P.CH4/c1-9-20(16-21(17-28)36(30,34-10-2)35-11-3)12-13-22-25(31-5)19(4)23-18-33-27(29)24(23)26(22)32-14-15-37(6,7)8;1-4-11(7-12(8-19)27(22,23)24)5-6-13-16(20)15-14(9-26-18(15)21)10(2)17(13)25-3;/h12,21H,9-11,13-16,18H2,1-8H3;5,12,20H,4,6-7,9H2,1-3H3,(H2,22,23,24);1H4/b20-12+;11-5+;. The van der Waals surface area contributed by atoms with Crippen LogP contribution in [0.2, 0.25) is 25.7 Å². The molecule has 19 heteroatoms. The van der Waals surface area contributed by atoms with Crippen molar-refractivity contribution in [3.63, 3.8) is 0 Å². The normalized spacial score (nSPS) is 14.6. The molecule has 4 rings (SSSR count). The zero-order chi connectivity index (χ0) is 48.2. The number of nitrogens with zero attached hydrogens (tertiary/aromatic N) is 2. The van der Waals surface area contributed by atoms with Crippen molar-refractivity contribution in [3.8, 4) is 35.1 Å². The van der Waals surface area contributed by atoms with E-state index < -0.39 is 40.6 Å². The number of ether oxygens (including phenoxy) is 5. The van der Waals surface area contributed by atoms with Gasteiger partial charge in [-0.1, -0.05) is 64.2 Å². The van der Waals surface area contributed by atoms with Crippen LogP contribution in [0.3, 0.4) is 0 Å². The average Bonchev–Trinajstić information content (AvgIpc) is 3.82. The highest BCUT2D eigenvalue weighted by Crippen LogP contribution is 2.55. The van der Waals surface area contributed by atoms with E-state index in [0.717, 1.165) is 28.3 Å². The molecular formula is C46H68N2O14P2Si. The summed E-state index contributed by atoms with van der Waals surface area (Å²) in [6.07, 6.45) is 5.60. The molecule has 0 fully saturated rings. The summed E-state index contributed by atoms with van der Waals surface area (Å²) in [5, 5.41) is 29.4. The third-order valence-electron chi connectivity index (χ3n) is 11.1. The van der Waals surface area contributed by atoms with Crippen molar-refractivity contribution in [3.05, 3.63) is 67.8 Å². The number of fused-ring (bicyclic) bond motifs is 2. The number of phenolic OH excluding ortho intramolecular Hbond substituents is 1. The van der Waals surface area contributed by atoms with Crippen molar-refractivity contribution in [2.24, 2.45) is 0 Å². The maximum absolute atomic E-state index is 13.3. The summed E-state index contributed by atoms with van der Waals surface area (Å²) < 4.78 is 63.4. The maximum atomic E-state index is 13.3. The first-order valence-electron chi connectivity index (χ1n) is 21.3. The molecule has 0 saturated heterocycles. The number of methoxy groups -OCH3 is 2. The van der Waals surface area contributed by atoms with Crippen LogP contribution >= 0.6 is 15.2 Å². The molecule has 2 aromatic rings. The number of nitriles is 2. The highest BCUT2D eigenvalue weighted by atomic mass is 31.2. The second kappa shape index (κ2) is 24.9. The Balaban J connectivity index is 0.000000461. The molecule has 65 heavy (non-hydrogen) atoms. The molecule has 0 aliphatic carbocycles. The largest absolute Gasteiger partial charge is 0.507 e. The second-order valence-electron chi connectivity index (χ2n) is 16.5. The number of carbonyl (C=O) groups is 2. The van der Waals surface area contributed by atoms with Gasteiger partial charge >= 0.3 is 27.1 Å². The van der Waals surface area contributed by atoms with E-state index in [1.54, 1.807) is 40.0 Å². The highest BCUT2D eigenvalue weighted by Gasteiger charge is 2.37. The summed E-state index contributed by atoms with van der Waals surface area (Å²) in [6.45, 7) is 18.9. The molecule has 2 heterocycles. The van der Waals surface area contributed by atoms with E-state index in [1.807, 2.05) is 26.8 Å². The monoisotopic (exact) mass is 962 g/mol. The number of esters is 2. The van der Waals surface area contributed by atoms with Crippen molar-refractivity contribution in [2.75, 3.05) is 34.0 Å². The van der Waals surface area contributed by atoms with Gasteiger partial charge < -0.3 is 47.6 Å². The Labute approximate surface area is 385 Å². The highest BCUT2D eigenvalue weighted by molar-refractivity contribution is 7.55. The van der Waals surface area contributed by atoms with E-state index in [-0.39, 0.29) is 70.4 Å². The van der Waals surface area contributed by atoms with Crippen LogP contribution in [0.1, 0.15) is 115 Å². The van der Waals surface area contributed by atoms with Gasteiger partial charge in [-0.25, -0.2) is 9.59 Å². The van der Waals surface area contributed by atoms with Gasteiger partial charge in [-0.2, -0.15) is 10.5 Å². The second-order valence-corrected chi connectivity index (χ2v) is 26.1. The van der Waals surface area contributed by atoms with Gasteiger partial charge in [0.1, 0.15) is 47.3 Å². The number of carbonyl (C=O) groups excluding carboxylic acids is 2. The lowest BCUT2D eigenvalue weighted by molar-refractivity contribution is 0.0523. The number of allylic oxidation sites excluding steroid dienone is 4. The fourth-order valence-corrected chi connectivity index (χ4v) is 10.5. The van der Waals surface area contributed by atoms with Gasteiger partial charge in [0.25, 0.3) is 0 Å². The lowest BCUT2D eigenvalue weighted by Crippen LogP contribution is -2.23. The molecule has 3 N–H and O–H groups in total. The molecule has 0 radical (unpaired) electrons. The van der Waals surface area contributed by atoms with Crippen LogP contribution in [0.4, 0.5) is 0 Å². The zero-order valence-electron chi connectivity index (χ0n) is 38.9. The minimum Gasteiger partial charge on any atom is -0.507 e. The molecule has 360 valence electrons. The molecule has 0 aromatic heterocycles. The van der Waals surface area contributed by atoms with Crippen LogP contribution < -0.4 is 14.2 Å².